The van der Waals surface area contributed by atoms with Crippen LogP contribution in [0.3, 0.4) is 0 Å². The zero-order valence-electron chi connectivity index (χ0n) is 8.36. The zero-order chi connectivity index (χ0) is 11.3. The molecular formula is C13H8O3. The normalized spacial score (nSPS) is 14.5. The molecule has 3 nitrogen and oxygen atoms in total. The lowest BCUT2D eigenvalue weighted by atomic mass is 10.0. The van der Waals surface area contributed by atoms with Crippen molar-refractivity contribution in [1.29, 1.82) is 0 Å². The van der Waals surface area contributed by atoms with Crippen molar-refractivity contribution in [1.82, 2.24) is 0 Å². The number of ketones is 2. The monoisotopic (exact) mass is 212 g/mol. The van der Waals surface area contributed by atoms with Gasteiger partial charge < -0.3 is 5.11 Å². The Balaban J connectivity index is 2.43. The number of carbonyl (C=O) groups is 2. The lowest BCUT2D eigenvalue weighted by molar-refractivity contribution is 0.0923. The van der Waals surface area contributed by atoms with Crippen molar-refractivity contribution in [2.75, 3.05) is 0 Å². The van der Waals surface area contributed by atoms with Crippen LogP contribution in [0.25, 0.3) is 10.8 Å². The molecule has 3 heteroatoms. The molecule has 0 atom stereocenters. The molecule has 0 aliphatic heterocycles. The summed E-state index contributed by atoms with van der Waals surface area (Å²) in [6, 6.07) is 8.37. The minimum atomic E-state index is -0.162. The van der Waals surface area contributed by atoms with E-state index in [1.807, 2.05) is 6.07 Å². The lowest BCUT2D eigenvalue weighted by Gasteiger charge is -2.03. The maximum absolute atomic E-state index is 11.5. The molecule has 1 aliphatic rings. The Morgan fingerprint density at radius 3 is 2.44 bits per heavy atom. The minimum Gasteiger partial charge on any atom is -0.507 e. The Hall–Kier alpha value is -2.16. The molecule has 0 unspecified atom stereocenters. The fourth-order valence-electron chi connectivity index (χ4n) is 2.11. The summed E-state index contributed by atoms with van der Waals surface area (Å²) in [5.74, 6) is -0.164. The first-order valence-corrected chi connectivity index (χ1v) is 4.99. The maximum Gasteiger partial charge on any atom is 0.171 e. The molecule has 0 saturated carbocycles. The highest BCUT2D eigenvalue weighted by Gasteiger charge is 2.27. The fourth-order valence-corrected chi connectivity index (χ4v) is 2.11. The molecule has 0 amide bonds. The number of phenolic OH excluding ortho intramolecular Hbond substituents is 1. The molecule has 78 valence electrons. The van der Waals surface area contributed by atoms with Crippen LogP contribution < -0.4 is 0 Å². The first-order valence-electron chi connectivity index (χ1n) is 4.99. The predicted molar refractivity (Wildman–Crippen MR) is 58.9 cm³/mol. The first-order chi connectivity index (χ1) is 7.66. The number of carbonyl (C=O) groups excluding carboxylic acids is 2. The van der Waals surface area contributed by atoms with E-state index in [0.29, 0.717) is 16.5 Å². The van der Waals surface area contributed by atoms with Gasteiger partial charge in [0, 0.05) is 16.5 Å². The van der Waals surface area contributed by atoms with Crippen LogP contribution in [0.4, 0.5) is 0 Å². The van der Waals surface area contributed by atoms with Crippen LogP contribution in [-0.2, 0) is 0 Å². The first kappa shape index (κ1) is 9.09. The van der Waals surface area contributed by atoms with Crippen molar-refractivity contribution >= 4 is 22.3 Å². The van der Waals surface area contributed by atoms with Crippen LogP contribution in [0.2, 0.25) is 0 Å². The summed E-state index contributed by atoms with van der Waals surface area (Å²) in [6.07, 6.45) is -0.0492. The smallest absolute Gasteiger partial charge is 0.171 e. The summed E-state index contributed by atoms with van der Waals surface area (Å²) >= 11 is 0. The summed E-state index contributed by atoms with van der Waals surface area (Å²) in [5.41, 5.74) is 0.905. The van der Waals surface area contributed by atoms with Gasteiger partial charge in [-0.1, -0.05) is 12.1 Å². The zero-order valence-corrected chi connectivity index (χ0v) is 8.36. The van der Waals surface area contributed by atoms with Gasteiger partial charge in [0.1, 0.15) is 5.75 Å². The molecule has 3 rings (SSSR count). The second-order valence-electron chi connectivity index (χ2n) is 3.92. The van der Waals surface area contributed by atoms with Gasteiger partial charge in [-0.3, -0.25) is 9.59 Å². The Labute approximate surface area is 91.3 Å². The van der Waals surface area contributed by atoms with E-state index in [-0.39, 0.29) is 23.7 Å². The third-order valence-corrected chi connectivity index (χ3v) is 2.92. The standard InChI is InChI=1S/C13H8O3/c14-11-3-1-2-7-4-9-10(5-8(7)11)13(16)6-12(9)15/h1-5,14H,6H2. The van der Waals surface area contributed by atoms with E-state index in [2.05, 4.69) is 0 Å². The van der Waals surface area contributed by atoms with Crippen LogP contribution in [-0.4, -0.2) is 16.7 Å². The average molecular weight is 212 g/mol. The van der Waals surface area contributed by atoms with Gasteiger partial charge >= 0.3 is 0 Å². The van der Waals surface area contributed by atoms with Crippen molar-refractivity contribution < 1.29 is 14.7 Å². The average Bonchev–Trinajstić information content (AvgIpc) is 2.53. The highest BCUT2D eigenvalue weighted by Crippen LogP contribution is 2.31. The number of hydrogen-bond donors (Lipinski definition) is 1. The molecule has 0 bridgehead atoms. The molecule has 0 saturated heterocycles. The maximum atomic E-state index is 11.5. The molecule has 0 heterocycles. The summed E-state index contributed by atoms with van der Waals surface area (Å²) in [7, 11) is 0. The quantitative estimate of drug-likeness (QED) is 0.682. The lowest BCUT2D eigenvalue weighted by Crippen LogP contribution is -1.90. The molecule has 0 radical (unpaired) electrons. The second-order valence-corrected chi connectivity index (χ2v) is 3.92. The summed E-state index contributed by atoms with van der Waals surface area (Å²) in [4.78, 5) is 23.0. The number of benzene rings is 2. The van der Waals surface area contributed by atoms with Crippen molar-refractivity contribution in [3.63, 3.8) is 0 Å². The number of phenols is 1. The molecule has 0 fully saturated rings. The van der Waals surface area contributed by atoms with Crippen LogP contribution in [0.5, 0.6) is 5.75 Å². The van der Waals surface area contributed by atoms with E-state index < -0.39 is 0 Å². The van der Waals surface area contributed by atoms with Gasteiger partial charge in [0.25, 0.3) is 0 Å². The minimum absolute atomic E-state index is 0.0492. The van der Waals surface area contributed by atoms with Gasteiger partial charge in [-0.15, -0.1) is 0 Å². The van der Waals surface area contributed by atoms with Gasteiger partial charge in [0.05, 0.1) is 6.42 Å². The topological polar surface area (TPSA) is 54.4 Å². The van der Waals surface area contributed by atoms with E-state index in [1.165, 1.54) is 0 Å². The van der Waals surface area contributed by atoms with E-state index in [4.69, 9.17) is 0 Å². The number of hydrogen-bond acceptors (Lipinski definition) is 3. The molecule has 0 aromatic heterocycles. The third kappa shape index (κ3) is 1.08. The molecule has 2 aromatic rings. The van der Waals surface area contributed by atoms with Crippen LogP contribution in [0.1, 0.15) is 27.1 Å². The van der Waals surface area contributed by atoms with Gasteiger partial charge in [0.2, 0.25) is 0 Å². The fraction of sp³-hybridized carbons (Fsp3) is 0.0769. The molecule has 16 heavy (non-hydrogen) atoms. The van der Waals surface area contributed by atoms with Crippen molar-refractivity contribution in [2.45, 2.75) is 6.42 Å². The number of fused-ring (bicyclic) bond motifs is 2. The summed E-state index contributed by atoms with van der Waals surface area (Å²) in [6.45, 7) is 0. The van der Waals surface area contributed by atoms with Crippen LogP contribution in [0, 0.1) is 0 Å². The predicted octanol–water partition coefficient (Wildman–Crippen LogP) is 2.31. The van der Waals surface area contributed by atoms with Crippen molar-refractivity contribution in [3.05, 3.63) is 41.5 Å². The summed E-state index contributed by atoms with van der Waals surface area (Å²) < 4.78 is 0. The van der Waals surface area contributed by atoms with Gasteiger partial charge in [-0.05, 0) is 23.6 Å². The van der Waals surface area contributed by atoms with Crippen molar-refractivity contribution in [2.24, 2.45) is 0 Å². The molecule has 1 aliphatic carbocycles. The molecule has 2 aromatic carbocycles. The second kappa shape index (κ2) is 2.92. The van der Waals surface area contributed by atoms with Crippen molar-refractivity contribution in [3.8, 4) is 5.75 Å². The Bertz CT molecular complexity index is 641. The highest BCUT2D eigenvalue weighted by molar-refractivity contribution is 6.25. The van der Waals surface area contributed by atoms with Gasteiger partial charge in [-0.25, -0.2) is 0 Å². The van der Waals surface area contributed by atoms with Gasteiger partial charge in [0.15, 0.2) is 11.6 Å². The Morgan fingerprint density at radius 2 is 1.69 bits per heavy atom. The van der Waals surface area contributed by atoms with E-state index in [9.17, 15) is 14.7 Å². The number of Topliss-reactive ketones (excluding diaryl/α,β-unsaturated/α-hetero) is 2. The highest BCUT2D eigenvalue weighted by atomic mass is 16.3. The Morgan fingerprint density at radius 1 is 1.00 bits per heavy atom. The van der Waals surface area contributed by atoms with E-state index in [0.717, 1.165) is 5.39 Å². The van der Waals surface area contributed by atoms with Crippen LogP contribution in [0.15, 0.2) is 30.3 Å². The molecule has 1 N–H and O–H groups in total. The third-order valence-electron chi connectivity index (χ3n) is 2.92. The molecular weight excluding hydrogens is 204 g/mol. The number of rotatable bonds is 0. The largest absolute Gasteiger partial charge is 0.507 e. The number of aromatic hydroxyl groups is 1. The SMILES string of the molecule is O=C1CC(=O)c2cc3c(O)cccc3cc21. The van der Waals surface area contributed by atoms with Crippen LogP contribution >= 0.6 is 0 Å². The molecule has 0 spiro atoms. The Kier molecular flexibility index (Phi) is 1.66. The summed E-state index contributed by atoms with van der Waals surface area (Å²) in [5, 5.41) is 11.1. The van der Waals surface area contributed by atoms with Gasteiger partial charge in [-0.2, -0.15) is 0 Å². The van der Waals surface area contributed by atoms with E-state index in [1.54, 1.807) is 24.3 Å². The van der Waals surface area contributed by atoms with E-state index >= 15 is 0 Å².